The van der Waals surface area contributed by atoms with E-state index in [4.69, 9.17) is 0 Å². The van der Waals surface area contributed by atoms with E-state index in [0.29, 0.717) is 16.6 Å². The molecule has 1 aromatic carbocycles. The molecule has 0 saturated carbocycles. The average Bonchev–Trinajstić information content (AvgIpc) is 2.63. The third-order valence-electron chi connectivity index (χ3n) is 7.22. The second-order valence-electron chi connectivity index (χ2n) is 13.8. The van der Waals surface area contributed by atoms with E-state index in [-0.39, 0.29) is 16.2 Å². The smallest absolute Gasteiger partial charge is 0.125 e. The zero-order chi connectivity index (χ0) is 26.9. The van der Waals surface area contributed by atoms with Gasteiger partial charge in [0.15, 0.2) is 0 Å². The van der Waals surface area contributed by atoms with Crippen LogP contribution in [0.2, 0.25) is 16.6 Å². The summed E-state index contributed by atoms with van der Waals surface area (Å²) in [4.78, 5) is 3.10. The minimum absolute atomic E-state index is 0.00944. The van der Waals surface area contributed by atoms with E-state index in [1.165, 1.54) is 22.0 Å². The van der Waals surface area contributed by atoms with E-state index in [9.17, 15) is 0 Å². The van der Waals surface area contributed by atoms with Gasteiger partial charge in [0.2, 0.25) is 0 Å². The Balaban J connectivity index is 4.17. The first-order valence-electron chi connectivity index (χ1n) is 12.8. The van der Waals surface area contributed by atoms with Crippen molar-refractivity contribution in [3.05, 3.63) is 28.8 Å². The van der Waals surface area contributed by atoms with Gasteiger partial charge in [-0.05, 0) is 60.1 Å². The zero-order valence-electron chi connectivity index (χ0n) is 24.7. The third kappa shape index (κ3) is 7.03. The van der Waals surface area contributed by atoms with Gasteiger partial charge in [-0.2, -0.15) is 0 Å². The molecule has 0 nitrogen and oxygen atoms in total. The van der Waals surface area contributed by atoms with Crippen molar-refractivity contribution in [3.63, 3.8) is 0 Å². The lowest BCUT2D eigenvalue weighted by Gasteiger charge is -2.38. The van der Waals surface area contributed by atoms with Gasteiger partial charge in [0, 0.05) is 21.2 Å². The Morgan fingerprint density at radius 3 is 1.32 bits per heavy atom. The maximum atomic E-state index is 4.01. The van der Waals surface area contributed by atoms with E-state index >= 15 is 0 Å². The van der Waals surface area contributed by atoms with Crippen LogP contribution in [0.1, 0.15) is 121 Å². The van der Waals surface area contributed by atoms with Crippen LogP contribution in [0, 0.1) is 21.7 Å². The normalized spacial score (nSPS) is 14.1. The van der Waals surface area contributed by atoms with Crippen molar-refractivity contribution in [1.29, 1.82) is 0 Å². The molecule has 0 saturated heterocycles. The fourth-order valence-electron chi connectivity index (χ4n) is 5.22. The summed E-state index contributed by atoms with van der Waals surface area (Å²) in [6.45, 7) is 35.3. The predicted molar refractivity (Wildman–Crippen MR) is 165 cm³/mol. The molecule has 0 fully saturated rings. The number of hydrogen-bond acceptors (Lipinski definition) is 0. The van der Waals surface area contributed by atoms with E-state index < -0.39 is 16.0 Å². The Morgan fingerprint density at radius 1 is 0.676 bits per heavy atom. The average molecular weight is 562 g/mol. The topological polar surface area (TPSA) is 0 Å². The van der Waals surface area contributed by atoms with Crippen molar-refractivity contribution in [2.45, 2.75) is 137 Å². The summed E-state index contributed by atoms with van der Waals surface area (Å²) in [6.07, 6.45) is 0. The molecule has 0 aliphatic heterocycles. The highest BCUT2D eigenvalue weighted by Gasteiger charge is 2.42. The molecule has 1 atom stereocenters. The largest absolute Gasteiger partial charge is 0.146 e. The highest BCUT2D eigenvalue weighted by atomic mass is 79.9. The molecular weight excluding hydrogens is 511 g/mol. The van der Waals surface area contributed by atoms with Gasteiger partial charge in [0.1, 0.15) is 8.07 Å². The third-order valence-corrected chi connectivity index (χ3v) is 15.8. The van der Waals surface area contributed by atoms with Crippen LogP contribution in [-0.4, -0.2) is 8.07 Å². The van der Waals surface area contributed by atoms with Crippen molar-refractivity contribution >= 4 is 37.2 Å². The lowest BCUT2D eigenvalue weighted by atomic mass is 9.75. The Labute approximate surface area is 223 Å². The van der Waals surface area contributed by atoms with Gasteiger partial charge in [0.25, 0.3) is 0 Å². The second-order valence-corrected chi connectivity index (χ2v) is 21.4. The summed E-state index contributed by atoms with van der Waals surface area (Å²) in [7, 11) is -2.79. The first-order valence-corrected chi connectivity index (χ1v) is 17.2. The fraction of sp³-hybridized carbons (Fsp3) is 0.677. The molecule has 0 aliphatic carbocycles. The van der Waals surface area contributed by atoms with Gasteiger partial charge < -0.3 is 0 Å². The fourth-order valence-corrected chi connectivity index (χ4v) is 13.5. The van der Waals surface area contributed by atoms with Gasteiger partial charge in [-0.15, -0.1) is 5.54 Å². The van der Waals surface area contributed by atoms with Crippen molar-refractivity contribution in [2.24, 2.45) is 0 Å². The van der Waals surface area contributed by atoms with Crippen LogP contribution in [0.15, 0.2) is 12.1 Å². The molecular formula is C31H50BrPSi. The SMILES string of the molecule is CC(C)[Si](C#CP(C#CBr)c1c(C(C)(C)C)cc(C(C)(C)C)cc1C(C)(C)C)(C(C)C)C(C)C. The molecule has 0 bridgehead atoms. The van der Waals surface area contributed by atoms with Crippen molar-refractivity contribution in [1.82, 2.24) is 0 Å². The summed E-state index contributed by atoms with van der Waals surface area (Å²) in [6, 6.07) is 4.91. The van der Waals surface area contributed by atoms with Crippen LogP contribution >= 0.6 is 23.9 Å². The number of rotatable bonds is 4. The highest BCUT2D eigenvalue weighted by Crippen LogP contribution is 2.45. The molecule has 1 unspecified atom stereocenters. The van der Waals surface area contributed by atoms with Crippen molar-refractivity contribution < 1.29 is 0 Å². The Bertz CT molecular complexity index is 916. The number of halogens is 1. The summed E-state index contributed by atoms with van der Waals surface area (Å²) in [5, 5.41) is 1.39. The molecule has 34 heavy (non-hydrogen) atoms. The van der Waals surface area contributed by atoms with Crippen LogP contribution in [0.5, 0.6) is 0 Å². The van der Waals surface area contributed by atoms with Crippen molar-refractivity contribution in [3.8, 4) is 21.7 Å². The summed E-state index contributed by atoms with van der Waals surface area (Å²) >= 11 is 3.45. The zero-order valence-corrected chi connectivity index (χ0v) is 28.2. The summed E-state index contributed by atoms with van der Waals surface area (Å²) in [5.74, 6) is 0. The minimum atomic E-state index is -1.85. The van der Waals surface area contributed by atoms with Gasteiger partial charge in [-0.25, -0.2) is 0 Å². The molecule has 3 heteroatoms. The summed E-state index contributed by atoms with van der Waals surface area (Å²) < 4.78 is 0. The quantitative estimate of drug-likeness (QED) is 0.195. The predicted octanol–water partition coefficient (Wildman–Crippen LogP) is 10.2. The molecule has 0 heterocycles. The van der Waals surface area contributed by atoms with Crippen molar-refractivity contribution in [2.75, 3.05) is 0 Å². The van der Waals surface area contributed by atoms with Gasteiger partial charge in [-0.3, -0.25) is 0 Å². The monoisotopic (exact) mass is 560 g/mol. The van der Waals surface area contributed by atoms with E-state index in [1.807, 2.05) is 0 Å². The molecule has 190 valence electrons. The van der Waals surface area contributed by atoms with E-state index in [1.54, 1.807) is 0 Å². The Kier molecular flexibility index (Phi) is 10.4. The summed E-state index contributed by atoms with van der Waals surface area (Å²) in [5.41, 5.74) is 17.6. The molecule has 0 aromatic heterocycles. The number of hydrogen-bond donors (Lipinski definition) is 0. The molecule has 0 aliphatic rings. The van der Waals surface area contributed by atoms with Crippen LogP contribution in [-0.2, 0) is 16.2 Å². The van der Waals surface area contributed by atoms with Crippen LogP contribution < -0.4 is 5.30 Å². The molecule has 1 rings (SSSR count). The molecule has 0 spiro atoms. The standard InChI is InChI=1S/C31H50BrPSi/c1-22(2)34(23(3)4,24(5)6)19-18-33(17-16-32)28-26(30(10,11)12)20-25(29(7,8)9)21-27(28)31(13,14)15/h20-24H,1-15H3. The maximum Gasteiger partial charge on any atom is 0.146 e. The molecule has 0 N–H and O–H groups in total. The lowest BCUT2D eigenvalue weighted by Crippen LogP contribution is -2.43. The first-order chi connectivity index (χ1) is 15.2. The van der Waals surface area contributed by atoms with E-state index in [2.05, 4.69) is 154 Å². The lowest BCUT2D eigenvalue weighted by molar-refractivity contribution is 0.553. The van der Waals surface area contributed by atoms with Gasteiger partial charge in [0.05, 0.1) is 7.92 Å². The van der Waals surface area contributed by atoms with Crippen LogP contribution in [0.25, 0.3) is 0 Å². The van der Waals surface area contributed by atoms with Crippen LogP contribution in [0.3, 0.4) is 0 Å². The van der Waals surface area contributed by atoms with E-state index in [0.717, 1.165) is 0 Å². The molecule has 0 radical (unpaired) electrons. The van der Waals surface area contributed by atoms with Crippen LogP contribution in [0.4, 0.5) is 0 Å². The second kappa shape index (κ2) is 11.2. The number of benzene rings is 1. The Hall–Kier alpha value is -0.533. The highest BCUT2D eigenvalue weighted by molar-refractivity contribution is 9.12. The first kappa shape index (κ1) is 31.5. The van der Waals surface area contributed by atoms with Gasteiger partial charge in [-0.1, -0.05) is 122 Å². The molecule has 0 amide bonds. The maximum absolute atomic E-state index is 4.01. The minimum Gasteiger partial charge on any atom is -0.125 e. The van der Waals surface area contributed by atoms with Gasteiger partial charge >= 0.3 is 0 Å². The molecule has 1 aromatic rings. The Morgan fingerprint density at radius 2 is 1.06 bits per heavy atom.